The van der Waals surface area contributed by atoms with Crippen LogP contribution in [0.15, 0.2) is 12.4 Å². The highest BCUT2D eigenvalue weighted by Crippen LogP contribution is 2.13. The van der Waals surface area contributed by atoms with E-state index in [1.54, 1.807) is 0 Å². The molecule has 0 aliphatic rings. The molecule has 0 bridgehead atoms. The first-order valence-corrected chi connectivity index (χ1v) is 5.58. The molecule has 0 saturated heterocycles. The second-order valence-electron chi connectivity index (χ2n) is 5.11. The molecule has 88 valence electrons. The molecule has 4 nitrogen and oxygen atoms in total. The Kier molecular flexibility index (Phi) is 4.08. The van der Waals surface area contributed by atoms with Gasteiger partial charge in [0.2, 0.25) is 0 Å². The van der Waals surface area contributed by atoms with E-state index < -0.39 is 0 Å². The van der Waals surface area contributed by atoms with Crippen LogP contribution < -0.4 is 5.32 Å². The monoisotopic (exact) mass is 220 g/mol. The van der Waals surface area contributed by atoms with Crippen LogP contribution in [0, 0.1) is 11.3 Å². The maximum atomic E-state index is 8.54. The highest BCUT2D eigenvalue weighted by molar-refractivity contribution is 5.05. The molecule has 0 aliphatic carbocycles. The quantitative estimate of drug-likeness (QED) is 0.844. The van der Waals surface area contributed by atoms with Crippen LogP contribution in [0.2, 0.25) is 0 Å². The minimum absolute atomic E-state index is 0.0243. The lowest BCUT2D eigenvalue weighted by Gasteiger charge is -2.18. The van der Waals surface area contributed by atoms with E-state index in [0.29, 0.717) is 6.42 Å². The summed E-state index contributed by atoms with van der Waals surface area (Å²) in [5.41, 5.74) is 1.18. The number of hydrogen-bond donors (Lipinski definition) is 1. The number of nitrogens with one attached hydrogen (secondary N) is 1. The van der Waals surface area contributed by atoms with Gasteiger partial charge < -0.3 is 5.32 Å². The predicted molar refractivity (Wildman–Crippen MR) is 63.8 cm³/mol. The van der Waals surface area contributed by atoms with Gasteiger partial charge in [0, 0.05) is 24.3 Å². The van der Waals surface area contributed by atoms with Gasteiger partial charge in [-0.3, -0.25) is 4.68 Å². The van der Waals surface area contributed by atoms with Crippen LogP contribution in [0.3, 0.4) is 0 Å². The average Bonchev–Trinajstić information content (AvgIpc) is 2.63. The lowest BCUT2D eigenvalue weighted by atomic mass is 10.1. The first kappa shape index (κ1) is 12.7. The molecule has 16 heavy (non-hydrogen) atoms. The Morgan fingerprint density at radius 3 is 2.75 bits per heavy atom. The van der Waals surface area contributed by atoms with Crippen molar-refractivity contribution in [2.45, 2.75) is 52.2 Å². The lowest BCUT2D eigenvalue weighted by molar-refractivity contribution is 0.355. The molecule has 0 aromatic carbocycles. The molecule has 4 heteroatoms. The van der Waals surface area contributed by atoms with E-state index in [4.69, 9.17) is 5.26 Å². The van der Waals surface area contributed by atoms with E-state index in [2.05, 4.69) is 37.3 Å². The summed E-state index contributed by atoms with van der Waals surface area (Å²) >= 11 is 0. The molecule has 0 fully saturated rings. The average molecular weight is 220 g/mol. The molecule has 0 amide bonds. The van der Waals surface area contributed by atoms with Crippen LogP contribution in [-0.2, 0) is 12.1 Å². The Morgan fingerprint density at radius 1 is 1.56 bits per heavy atom. The van der Waals surface area contributed by atoms with Crippen molar-refractivity contribution in [3.05, 3.63) is 18.0 Å². The summed E-state index contributed by atoms with van der Waals surface area (Å²) in [6.07, 6.45) is 4.46. The van der Waals surface area contributed by atoms with Crippen molar-refractivity contribution in [3.8, 4) is 6.07 Å². The van der Waals surface area contributed by atoms with Crippen LogP contribution in [0.4, 0.5) is 0 Å². The zero-order chi connectivity index (χ0) is 12.2. The summed E-state index contributed by atoms with van der Waals surface area (Å²) < 4.78 is 1.96. The first-order chi connectivity index (χ1) is 7.43. The standard InChI is InChI=1S/C12H20N4/c1-10(5-6-13)14-7-11-8-15-16(9-11)12(2,3)4/h8-10,14H,5,7H2,1-4H3. The zero-order valence-electron chi connectivity index (χ0n) is 10.5. The maximum absolute atomic E-state index is 8.54. The first-order valence-electron chi connectivity index (χ1n) is 5.58. The summed E-state index contributed by atoms with van der Waals surface area (Å²) in [5, 5.41) is 16.2. The fourth-order valence-electron chi connectivity index (χ4n) is 1.32. The lowest BCUT2D eigenvalue weighted by Crippen LogP contribution is -2.25. The van der Waals surface area contributed by atoms with Crippen molar-refractivity contribution in [3.63, 3.8) is 0 Å². The van der Waals surface area contributed by atoms with E-state index in [-0.39, 0.29) is 11.6 Å². The maximum Gasteiger partial charge on any atom is 0.0638 e. The molecule has 1 aromatic heterocycles. The number of aromatic nitrogens is 2. The molecule has 1 atom stereocenters. The van der Waals surface area contributed by atoms with Crippen LogP contribution >= 0.6 is 0 Å². The molecule has 1 unspecified atom stereocenters. The van der Waals surface area contributed by atoms with Gasteiger partial charge in [0.1, 0.15) is 0 Å². The molecule has 0 spiro atoms. The Balaban J connectivity index is 2.51. The summed E-state index contributed by atoms with van der Waals surface area (Å²) in [4.78, 5) is 0. The fourth-order valence-corrected chi connectivity index (χ4v) is 1.32. The number of rotatable bonds is 4. The van der Waals surface area contributed by atoms with Crippen LogP contribution in [0.5, 0.6) is 0 Å². The van der Waals surface area contributed by atoms with Gasteiger partial charge in [-0.2, -0.15) is 10.4 Å². The van der Waals surface area contributed by atoms with Crippen LogP contribution in [0.1, 0.15) is 39.7 Å². The molecule has 1 N–H and O–H groups in total. The van der Waals surface area contributed by atoms with Crippen molar-refractivity contribution >= 4 is 0 Å². The highest BCUT2D eigenvalue weighted by Gasteiger charge is 2.13. The predicted octanol–water partition coefficient (Wildman–Crippen LogP) is 2.03. The Morgan fingerprint density at radius 2 is 2.25 bits per heavy atom. The minimum Gasteiger partial charge on any atom is -0.309 e. The second kappa shape index (κ2) is 5.13. The Hall–Kier alpha value is -1.34. The number of nitrogens with zero attached hydrogens (tertiary/aromatic N) is 3. The molecule has 1 heterocycles. The third-order valence-electron chi connectivity index (χ3n) is 2.38. The van der Waals surface area contributed by atoms with Gasteiger partial charge in [-0.25, -0.2) is 0 Å². The van der Waals surface area contributed by atoms with Gasteiger partial charge in [0.05, 0.1) is 24.2 Å². The van der Waals surface area contributed by atoms with Crippen LogP contribution in [0.25, 0.3) is 0 Å². The van der Waals surface area contributed by atoms with Gasteiger partial charge in [-0.15, -0.1) is 0 Å². The number of nitriles is 1. The Bertz CT molecular complexity index is 367. The molecular formula is C12H20N4. The molecule has 1 aromatic rings. The molecular weight excluding hydrogens is 200 g/mol. The van der Waals surface area contributed by atoms with Crippen molar-refractivity contribution in [2.75, 3.05) is 0 Å². The minimum atomic E-state index is 0.0243. The third kappa shape index (κ3) is 3.67. The molecule has 1 rings (SSSR count). The van der Waals surface area contributed by atoms with Gasteiger partial charge in [0.15, 0.2) is 0 Å². The largest absolute Gasteiger partial charge is 0.309 e. The Labute approximate surface area is 97.3 Å². The normalized spacial score (nSPS) is 13.4. The topological polar surface area (TPSA) is 53.6 Å². The smallest absolute Gasteiger partial charge is 0.0638 e. The summed E-state index contributed by atoms with van der Waals surface area (Å²) in [7, 11) is 0. The summed E-state index contributed by atoms with van der Waals surface area (Å²) in [6.45, 7) is 9.14. The van der Waals surface area contributed by atoms with Crippen molar-refractivity contribution in [1.82, 2.24) is 15.1 Å². The van der Waals surface area contributed by atoms with E-state index in [9.17, 15) is 0 Å². The van der Waals surface area contributed by atoms with Gasteiger partial charge in [-0.05, 0) is 27.7 Å². The third-order valence-corrected chi connectivity index (χ3v) is 2.38. The molecule has 0 aliphatic heterocycles. The highest BCUT2D eigenvalue weighted by atomic mass is 15.3. The van der Waals surface area contributed by atoms with Crippen LogP contribution in [-0.4, -0.2) is 15.8 Å². The van der Waals surface area contributed by atoms with E-state index in [0.717, 1.165) is 12.1 Å². The van der Waals surface area contributed by atoms with Crippen molar-refractivity contribution < 1.29 is 0 Å². The van der Waals surface area contributed by atoms with E-state index in [1.807, 2.05) is 24.0 Å². The number of hydrogen-bond acceptors (Lipinski definition) is 3. The van der Waals surface area contributed by atoms with E-state index in [1.165, 1.54) is 0 Å². The van der Waals surface area contributed by atoms with E-state index >= 15 is 0 Å². The molecule has 0 radical (unpaired) electrons. The summed E-state index contributed by atoms with van der Waals surface area (Å²) in [5.74, 6) is 0. The van der Waals surface area contributed by atoms with Crippen molar-refractivity contribution in [2.24, 2.45) is 0 Å². The SMILES string of the molecule is CC(CC#N)NCc1cnn(C(C)(C)C)c1. The molecule has 0 saturated carbocycles. The van der Waals surface area contributed by atoms with Crippen molar-refractivity contribution in [1.29, 1.82) is 5.26 Å². The zero-order valence-corrected chi connectivity index (χ0v) is 10.5. The fraction of sp³-hybridized carbons (Fsp3) is 0.667. The summed E-state index contributed by atoms with van der Waals surface area (Å²) in [6, 6.07) is 2.37. The van der Waals surface area contributed by atoms with Gasteiger partial charge in [-0.1, -0.05) is 0 Å². The second-order valence-corrected chi connectivity index (χ2v) is 5.11. The van der Waals surface area contributed by atoms with Gasteiger partial charge in [0.25, 0.3) is 0 Å². The van der Waals surface area contributed by atoms with Gasteiger partial charge >= 0.3 is 0 Å².